The van der Waals surface area contributed by atoms with Gasteiger partial charge in [0.1, 0.15) is 12.1 Å². The van der Waals surface area contributed by atoms with Crippen molar-refractivity contribution in [3.63, 3.8) is 0 Å². The van der Waals surface area contributed by atoms with E-state index in [-0.39, 0.29) is 5.56 Å². The summed E-state index contributed by atoms with van der Waals surface area (Å²) in [6, 6.07) is 3.24. The highest BCUT2D eigenvalue weighted by Crippen LogP contribution is 2.18. The molecule has 0 N–H and O–H groups in total. The molecule has 0 heterocycles. The van der Waals surface area contributed by atoms with Crippen LogP contribution in [0.4, 0.5) is 4.39 Å². The summed E-state index contributed by atoms with van der Waals surface area (Å²) in [6.45, 7) is 4.71. The zero-order valence-corrected chi connectivity index (χ0v) is 10.3. The van der Waals surface area contributed by atoms with Crippen LogP contribution in [0.3, 0.4) is 0 Å². The van der Waals surface area contributed by atoms with Gasteiger partial charge < -0.3 is 4.74 Å². The Hall–Kier alpha value is -2.04. The first-order valence-electron chi connectivity index (χ1n) is 5.27. The van der Waals surface area contributed by atoms with Gasteiger partial charge in [0.25, 0.3) is 0 Å². The lowest BCUT2D eigenvalue weighted by Crippen LogP contribution is -2.26. The summed E-state index contributed by atoms with van der Waals surface area (Å²) in [4.78, 5) is 33.6. The Bertz CT molecular complexity index is 500. The molecule has 0 atom stereocenters. The second-order valence-electron chi connectivity index (χ2n) is 4.78. The fourth-order valence-electron chi connectivity index (χ4n) is 1.06. The maximum Gasteiger partial charge on any atom is 0.348 e. The van der Waals surface area contributed by atoms with Crippen LogP contribution >= 0.6 is 0 Å². The molecule has 0 aliphatic rings. The number of hydrogen-bond donors (Lipinski definition) is 0. The summed E-state index contributed by atoms with van der Waals surface area (Å²) in [5.41, 5.74) is -1.17. The quantitative estimate of drug-likeness (QED) is 0.460. The first kappa shape index (κ1) is 14.0. The van der Waals surface area contributed by atoms with Gasteiger partial charge in [0.15, 0.2) is 0 Å². The topological polar surface area (TPSA) is 60.4 Å². The van der Waals surface area contributed by atoms with Gasteiger partial charge in [-0.1, -0.05) is 0 Å². The largest absolute Gasteiger partial charge is 0.389 e. The lowest BCUT2D eigenvalue weighted by Gasteiger charge is -2.15. The molecule has 0 aliphatic carbocycles. The van der Waals surface area contributed by atoms with Gasteiger partial charge in [0.05, 0.1) is 11.0 Å². The number of hydrogen-bond acceptors (Lipinski definition) is 4. The predicted octanol–water partition coefficient (Wildman–Crippen LogP) is 2.37. The van der Waals surface area contributed by atoms with Crippen molar-refractivity contribution in [2.75, 3.05) is 0 Å². The van der Waals surface area contributed by atoms with Crippen molar-refractivity contribution in [1.82, 2.24) is 0 Å². The molecule has 0 spiro atoms. The second kappa shape index (κ2) is 5.08. The maximum absolute atomic E-state index is 13.4. The van der Waals surface area contributed by atoms with Crippen molar-refractivity contribution in [2.45, 2.75) is 20.8 Å². The van der Waals surface area contributed by atoms with E-state index in [1.165, 1.54) is 6.07 Å². The van der Waals surface area contributed by atoms with E-state index >= 15 is 0 Å². The van der Waals surface area contributed by atoms with Gasteiger partial charge in [-0.3, -0.25) is 9.59 Å². The Morgan fingerprint density at radius 1 is 1.28 bits per heavy atom. The molecule has 4 nitrogen and oxygen atoms in total. The maximum atomic E-state index is 13.4. The van der Waals surface area contributed by atoms with Gasteiger partial charge >= 0.3 is 11.9 Å². The van der Waals surface area contributed by atoms with E-state index in [4.69, 9.17) is 0 Å². The zero-order valence-electron chi connectivity index (χ0n) is 10.3. The average Bonchev–Trinajstić information content (AvgIpc) is 2.28. The van der Waals surface area contributed by atoms with Crippen molar-refractivity contribution >= 4 is 18.2 Å². The molecule has 0 unspecified atom stereocenters. The van der Waals surface area contributed by atoms with Gasteiger partial charge in [0, 0.05) is 5.56 Å². The molecular formula is C13H13FO4. The van der Waals surface area contributed by atoms with Crippen molar-refractivity contribution in [2.24, 2.45) is 5.41 Å². The minimum absolute atomic E-state index is 0.131. The Morgan fingerprint density at radius 2 is 1.89 bits per heavy atom. The average molecular weight is 252 g/mol. The molecule has 0 radical (unpaired) electrons. The Morgan fingerprint density at radius 3 is 2.39 bits per heavy atom. The van der Waals surface area contributed by atoms with E-state index in [2.05, 4.69) is 4.74 Å². The summed E-state index contributed by atoms with van der Waals surface area (Å²) in [5.74, 6) is -2.70. The molecular weight excluding hydrogens is 239 g/mol. The number of ether oxygens (including phenoxy) is 1. The number of rotatable bonds is 2. The zero-order chi connectivity index (χ0) is 13.9. The van der Waals surface area contributed by atoms with Crippen LogP contribution in [0, 0.1) is 11.2 Å². The molecule has 0 bridgehead atoms. The summed E-state index contributed by atoms with van der Waals surface area (Å²) in [5, 5.41) is 0. The molecule has 0 fully saturated rings. The number of aldehydes is 1. The molecule has 18 heavy (non-hydrogen) atoms. The summed E-state index contributed by atoms with van der Waals surface area (Å²) in [7, 11) is 0. The van der Waals surface area contributed by atoms with Gasteiger partial charge in [0.2, 0.25) is 0 Å². The monoisotopic (exact) mass is 252 g/mol. The highest BCUT2D eigenvalue weighted by Gasteiger charge is 2.27. The summed E-state index contributed by atoms with van der Waals surface area (Å²) < 4.78 is 17.9. The van der Waals surface area contributed by atoms with E-state index in [1.54, 1.807) is 20.8 Å². The highest BCUT2D eigenvalue weighted by atomic mass is 19.1. The number of esters is 2. The van der Waals surface area contributed by atoms with Gasteiger partial charge in [-0.05, 0) is 39.0 Å². The van der Waals surface area contributed by atoms with Gasteiger partial charge in [-0.15, -0.1) is 0 Å². The molecule has 0 aromatic heterocycles. The van der Waals surface area contributed by atoms with Crippen molar-refractivity contribution in [3.05, 3.63) is 35.1 Å². The smallest absolute Gasteiger partial charge is 0.348 e. The minimum atomic E-state index is -1.10. The second-order valence-corrected chi connectivity index (χ2v) is 4.78. The molecule has 96 valence electrons. The third kappa shape index (κ3) is 3.23. The molecule has 5 heteroatoms. The molecule has 1 rings (SSSR count). The van der Waals surface area contributed by atoms with E-state index in [0.717, 1.165) is 12.1 Å². The third-order valence-electron chi connectivity index (χ3n) is 2.14. The molecule has 1 aromatic carbocycles. The van der Waals surface area contributed by atoms with E-state index < -0.39 is 28.7 Å². The van der Waals surface area contributed by atoms with Crippen LogP contribution < -0.4 is 0 Å². The number of benzene rings is 1. The van der Waals surface area contributed by atoms with Gasteiger partial charge in [-0.2, -0.15) is 0 Å². The van der Waals surface area contributed by atoms with Crippen LogP contribution in [0.5, 0.6) is 0 Å². The van der Waals surface area contributed by atoms with E-state index in [9.17, 15) is 18.8 Å². The summed E-state index contributed by atoms with van der Waals surface area (Å²) >= 11 is 0. The van der Waals surface area contributed by atoms with Crippen LogP contribution in [0.1, 0.15) is 41.5 Å². The van der Waals surface area contributed by atoms with Gasteiger partial charge in [-0.25, -0.2) is 9.18 Å². The SMILES string of the molecule is CC(C)(C)C(=O)OC(=O)c1cc(C=O)ccc1F. The number of carbonyl (C=O) groups excluding carboxylic acids is 3. The van der Waals surface area contributed by atoms with Crippen molar-refractivity contribution < 1.29 is 23.5 Å². The fraction of sp³-hybridized carbons (Fsp3) is 0.308. The van der Waals surface area contributed by atoms with Crippen LogP contribution in [0.2, 0.25) is 0 Å². The molecule has 0 saturated heterocycles. The van der Waals surface area contributed by atoms with E-state index in [1.807, 2.05) is 0 Å². The minimum Gasteiger partial charge on any atom is -0.389 e. The van der Waals surface area contributed by atoms with Crippen molar-refractivity contribution in [1.29, 1.82) is 0 Å². The molecule has 0 amide bonds. The first-order chi connectivity index (χ1) is 8.25. The standard InChI is InChI=1S/C13H13FO4/c1-13(2,3)12(17)18-11(16)9-6-8(7-15)4-5-10(9)14/h4-7H,1-3H3. The summed E-state index contributed by atoms with van der Waals surface area (Å²) in [6.07, 6.45) is 0.474. The molecule has 1 aromatic rings. The van der Waals surface area contributed by atoms with Crippen LogP contribution in [-0.4, -0.2) is 18.2 Å². The number of carbonyl (C=O) groups is 3. The van der Waals surface area contributed by atoms with E-state index in [0.29, 0.717) is 6.29 Å². The normalized spacial score (nSPS) is 10.9. The Labute approximate surface area is 104 Å². The van der Waals surface area contributed by atoms with Crippen molar-refractivity contribution in [3.8, 4) is 0 Å². The Kier molecular flexibility index (Phi) is 3.96. The van der Waals surface area contributed by atoms with Crippen LogP contribution in [-0.2, 0) is 9.53 Å². The lowest BCUT2D eigenvalue weighted by atomic mass is 9.97. The molecule has 0 saturated carbocycles. The fourth-order valence-corrected chi connectivity index (χ4v) is 1.06. The van der Waals surface area contributed by atoms with Crippen LogP contribution in [0.15, 0.2) is 18.2 Å². The van der Waals surface area contributed by atoms with Crippen LogP contribution in [0.25, 0.3) is 0 Å². The molecule has 0 aliphatic heterocycles. The first-order valence-corrected chi connectivity index (χ1v) is 5.27. The lowest BCUT2D eigenvalue weighted by molar-refractivity contribution is -0.146. The highest BCUT2D eigenvalue weighted by molar-refractivity contribution is 5.99. The number of halogens is 1. The predicted molar refractivity (Wildman–Crippen MR) is 61.7 cm³/mol. The third-order valence-corrected chi connectivity index (χ3v) is 2.14. The Balaban J connectivity index is 2.98.